The highest BCUT2D eigenvalue weighted by atomic mass is 35.5. The molecule has 1 amide bonds. The molecule has 2 aromatic carbocycles. The lowest BCUT2D eigenvalue weighted by Crippen LogP contribution is -2.33. The number of sulfonamides is 1. The van der Waals surface area contributed by atoms with Gasteiger partial charge in [-0.15, -0.1) is 0 Å². The lowest BCUT2D eigenvalue weighted by molar-refractivity contribution is -0.121. The molecule has 0 spiro atoms. The van der Waals surface area contributed by atoms with E-state index in [0.29, 0.717) is 22.3 Å². The van der Waals surface area contributed by atoms with E-state index in [4.69, 9.17) is 11.6 Å². The van der Waals surface area contributed by atoms with E-state index in [1.807, 2.05) is 12.1 Å². The Hall–Kier alpha value is -2.19. The predicted octanol–water partition coefficient (Wildman–Crippen LogP) is 3.52. The summed E-state index contributed by atoms with van der Waals surface area (Å²) in [6.07, 6.45) is 1.64. The summed E-state index contributed by atoms with van der Waals surface area (Å²) in [5, 5.41) is 3.37. The number of carbonyl (C=O) groups excluding carboxylic acids is 1. The van der Waals surface area contributed by atoms with Gasteiger partial charge >= 0.3 is 0 Å². The third kappa shape index (κ3) is 6.45. The maximum Gasteiger partial charge on any atom is 0.232 e. The van der Waals surface area contributed by atoms with Gasteiger partial charge in [0.1, 0.15) is 5.69 Å². The zero-order valence-electron chi connectivity index (χ0n) is 15.3. The minimum Gasteiger partial charge on any atom is -0.356 e. The predicted molar refractivity (Wildman–Crippen MR) is 106 cm³/mol. The number of benzene rings is 2. The fourth-order valence-corrected chi connectivity index (χ4v) is 3.73. The van der Waals surface area contributed by atoms with Crippen molar-refractivity contribution >= 4 is 33.2 Å². The van der Waals surface area contributed by atoms with Crippen molar-refractivity contribution in [1.29, 1.82) is 0 Å². The van der Waals surface area contributed by atoms with Gasteiger partial charge in [-0.1, -0.05) is 29.8 Å². The van der Waals surface area contributed by atoms with Gasteiger partial charge in [-0.25, -0.2) is 17.2 Å². The standard InChI is InChI=1S/C19H21ClF2N2O3S/c1-28(26,27)24(19-16(21)4-2-5-17(19)22)13-3-6-18(25)23-12-11-14-7-9-15(20)10-8-14/h2,4-5,7-10H,3,6,11-13H2,1H3,(H,23,25). The Morgan fingerprint density at radius 3 is 2.29 bits per heavy atom. The lowest BCUT2D eigenvalue weighted by Gasteiger charge is -2.23. The largest absolute Gasteiger partial charge is 0.356 e. The number of anilines is 1. The fourth-order valence-electron chi connectivity index (χ4n) is 2.64. The van der Waals surface area contributed by atoms with E-state index < -0.39 is 27.3 Å². The Morgan fingerprint density at radius 1 is 1.11 bits per heavy atom. The SMILES string of the molecule is CS(=O)(=O)N(CCCC(=O)NCCc1ccc(Cl)cc1)c1c(F)cccc1F. The van der Waals surface area contributed by atoms with E-state index in [2.05, 4.69) is 5.32 Å². The van der Waals surface area contributed by atoms with Crippen molar-refractivity contribution in [3.05, 3.63) is 64.7 Å². The molecule has 0 fully saturated rings. The van der Waals surface area contributed by atoms with E-state index in [9.17, 15) is 22.0 Å². The molecule has 0 unspecified atom stereocenters. The fraction of sp³-hybridized carbons (Fsp3) is 0.316. The summed E-state index contributed by atoms with van der Waals surface area (Å²) in [5.41, 5.74) is 0.385. The molecule has 9 heteroatoms. The van der Waals surface area contributed by atoms with Crippen LogP contribution >= 0.6 is 11.6 Å². The van der Waals surface area contributed by atoms with Crippen LogP contribution in [-0.2, 0) is 21.2 Å². The number of carbonyl (C=O) groups is 1. The number of hydrogen-bond donors (Lipinski definition) is 1. The molecule has 28 heavy (non-hydrogen) atoms. The maximum absolute atomic E-state index is 13.9. The average Bonchev–Trinajstić information content (AvgIpc) is 2.61. The molecule has 0 aliphatic rings. The highest BCUT2D eigenvalue weighted by molar-refractivity contribution is 7.92. The Balaban J connectivity index is 1.86. The van der Waals surface area contributed by atoms with Gasteiger partial charge in [-0.2, -0.15) is 0 Å². The van der Waals surface area contributed by atoms with Crippen LogP contribution in [0.5, 0.6) is 0 Å². The van der Waals surface area contributed by atoms with Crippen molar-refractivity contribution in [2.45, 2.75) is 19.3 Å². The number of hydrogen-bond acceptors (Lipinski definition) is 3. The molecule has 2 aromatic rings. The van der Waals surface area contributed by atoms with Crippen LogP contribution in [0.3, 0.4) is 0 Å². The second-order valence-corrected chi connectivity index (χ2v) is 8.58. The second kappa shape index (κ2) is 9.84. The number of rotatable bonds is 9. The van der Waals surface area contributed by atoms with Gasteiger partial charge in [0.15, 0.2) is 11.6 Å². The van der Waals surface area contributed by atoms with Crippen LogP contribution in [0.1, 0.15) is 18.4 Å². The topological polar surface area (TPSA) is 66.5 Å². The van der Waals surface area contributed by atoms with Crippen LogP contribution in [0, 0.1) is 11.6 Å². The number of amides is 1. The Morgan fingerprint density at radius 2 is 1.71 bits per heavy atom. The highest BCUT2D eigenvalue weighted by Crippen LogP contribution is 2.25. The first-order valence-corrected chi connectivity index (χ1v) is 10.8. The summed E-state index contributed by atoms with van der Waals surface area (Å²) in [6, 6.07) is 10.4. The molecule has 0 radical (unpaired) electrons. The minimum absolute atomic E-state index is 0.0305. The molecule has 152 valence electrons. The molecule has 0 aromatic heterocycles. The Bertz CT molecular complexity index is 901. The van der Waals surface area contributed by atoms with Crippen LogP contribution in [0.25, 0.3) is 0 Å². The van der Waals surface area contributed by atoms with E-state index in [1.165, 1.54) is 0 Å². The van der Waals surface area contributed by atoms with Crippen LogP contribution in [-0.4, -0.2) is 33.7 Å². The van der Waals surface area contributed by atoms with E-state index in [-0.39, 0.29) is 25.3 Å². The van der Waals surface area contributed by atoms with Crippen LogP contribution < -0.4 is 9.62 Å². The number of para-hydroxylation sites is 1. The van der Waals surface area contributed by atoms with E-state index >= 15 is 0 Å². The van der Waals surface area contributed by atoms with Gasteiger partial charge in [0, 0.05) is 24.5 Å². The molecule has 0 atom stereocenters. The molecule has 0 heterocycles. The van der Waals surface area contributed by atoms with Gasteiger partial charge in [-0.05, 0) is 42.7 Å². The van der Waals surface area contributed by atoms with Crippen LogP contribution in [0.4, 0.5) is 14.5 Å². The molecular weight excluding hydrogens is 410 g/mol. The lowest BCUT2D eigenvalue weighted by atomic mass is 10.1. The van der Waals surface area contributed by atoms with Crippen LogP contribution in [0.15, 0.2) is 42.5 Å². The second-order valence-electron chi connectivity index (χ2n) is 6.24. The van der Waals surface area contributed by atoms with Crippen molar-refractivity contribution in [1.82, 2.24) is 5.32 Å². The molecule has 0 aliphatic heterocycles. The molecule has 5 nitrogen and oxygen atoms in total. The first kappa shape index (κ1) is 22.1. The Labute approximate surface area is 168 Å². The molecule has 0 aliphatic carbocycles. The summed E-state index contributed by atoms with van der Waals surface area (Å²) in [6.45, 7) is 0.208. The zero-order valence-corrected chi connectivity index (χ0v) is 16.9. The summed E-state index contributed by atoms with van der Waals surface area (Å²) in [5.74, 6) is -2.22. The summed E-state index contributed by atoms with van der Waals surface area (Å²) < 4.78 is 52.4. The monoisotopic (exact) mass is 430 g/mol. The third-order valence-corrected chi connectivity index (χ3v) is 5.42. The average molecular weight is 431 g/mol. The van der Waals surface area contributed by atoms with Crippen molar-refractivity contribution < 1.29 is 22.0 Å². The summed E-state index contributed by atoms with van der Waals surface area (Å²) in [7, 11) is -3.91. The van der Waals surface area contributed by atoms with Crippen molar-refractivity contribution in [2.24, 2.45) is 0 Å². The molecule has 2 rings (SSSR count). The molecule has 0 saturated carbocycles. The van der Waals surface area contributed by atoms with Gasteiger partial charge in [0.2, 0.25) is 15.9 Å². The van der Waals surface area contributed by atoms with Crippen molar-refractivity contribution in [3.63, 3.8) is 0 Å². The zero-order chi connectivity index (χ0) is 20.7. The Kier molecular flexibility index (Phi) is 7.77. The molecule has 0 bridgehead atoms. The van der Waals surface area contributed by atoms with E-state index in [1.54, 1.807) is 12.1 Å². The highest BCUT2D eigenvalue weighted by Gasteiger charge is 2.24. The maximum atomic E-state index is 13.9. The quantitative estimate of drug-likeness (QED) is 0.661. The van der Waals surface area contributed by atoms with Crippen molar-refractivity contribution in [3.8, 4) is 0 Å². The number of nitrogens with one attached hydrogen (secondary N) is 1. The van der Waals surface area contributed by atoms with E-state index in [0.717, 1.165) is 30.0 Å². The summed E-state index contributed by atoms with van der Waals surface area (Å²) >= 11 is 5.81. The first-order valence-electron chi connectivity index (χ1n) is 8.61. The first-order chi connectivity index (χ1) is 13.2. The molecule has 0 saturated heterocycles. The van der Waals surface area contributed by atoms with Crippen LogP contribution in [0.2, 0.25) is 5.02 Å². The van der Waals surface area contributed by atoms with Gasteiger partial charge < -0.3 is 5.32 Å². The molecule has 1 N–H and O–H groups in total. The number of halogens is 3. The van der Waals surface area contributed by atoms with Gasteiger partial charge in [0.05, 0.1) is 6.26 Å². The normalized spacial score (nSPS) is 11.3. The van der Waals surface area contributed by atoms with Gasteiger partial charge in [0.25, 0.3) is 0 Å². The third-order valence-electron chi connectivity index (χ3n) is 4.00. The van der Waals surface area contributed by atoms with Gasteiger partial charge in [-0.3, -0.25) is 9.10 Å². The molecular formula is C19H21ClF2N2O3S. The van der Waals surface area contributed by atoms with Crippen molar-refractivity contribution in [2.75, 3.05) is 23.7 Å². The minimum atomic E-state index is -3.91. The number of nitrogens with zero attached hydrogens (tertiary/aromatic N) is 1. The smallest absolute Gasteiger partial charge is 0.232 e. The summed E-state index contributed by atoms with van der Waals surface area (Å²) in [4.78, 5) is 11.9.